The van der Waals surface area contributed by atoms with Gasteiger partial charge in [-0.1, -0.05) is 30.2 Å². The van der Waals surface area contributed by atoms with Gasteiger partial charge in [-0.15, -0.1) is 0 Å². The second-order valence-electron chi connectivity index (χ2n) is 5.67. The molecule has 0 radical (unpaired) electrons. The molecule has 1 heterocycles. The van der Waals surface area contributed by atoms with Crippen LogP contribution in [0, 0.1) is 0 Å². The number of nitrogens with zero attached hydrogens (tertiary/aromatic N) is 1. The van der Waals surface area contributed by atoms with E-state index in [0.29, 0.717) is 0 Å². The zero-order chi connectivity index (χ0) is 12.6. The summed E-state index contributed by atoms with van der Waals surface area (Å²) >= 11 is 6.34. The lowest BCUT2D eigenvalue weighted by Crippen LogP contribution is -2.29. The minimum atomic E-state index is -0.576. The molecule has 1 aliphatic heterocycles. The quantitative estimate of drug-likeness (QED) is 0.906. The zero-order valence-corrected chi connectivity index (χ0v) is 11.4. The van der Waals surface area contributed by atoms with Gasteiger partial charge in [-0.05, 0) is 56.0 Å². The van der Waals surface area contributed by atoms with E-state index in [-0.39, 0.29) is 0 Å². The number of hydrogen-bond donors (Lipinski definition) is 1. The van der Waals surface area contributed by atoms with Gasteiger partial charge in [0.25, 0.3) is 0 Å². The molecule has 98 valence electrons. The van der Waals surface area contributed by atoms with Crippen molar-refractivity contribution in [3.8, 4) is 0 Å². The number of piperidine rings is 1. The van der Waals surface area contributed by atoms with E-state index in [2.05, 4.69) is 11.0 Å². The number of benzene rings is 1. The molecule has 0 atom stereocenters. The summed E-state index contributed by atoms with van der Waals surface area (Å²) in [6.07, 6.45) is 5.70. The maximum Gasteiger partial charge on any atom is 0.0899 e. The molecular weight excluding hydrogens is 246 g/mol. The molecule has 1 aromatic carbocycles. The molecule has 2 nitrogen and oxygen atoms in total. The van der Waals surface area contributed by atoms with Crippen LogP contribution in [-0.2, 0) is 12.1 Å². The molecule has 18 heavy (non-hydrogen) atoms. The molecule has 2 fully saturated rings. The number of halogens is 1. The van der Waals surface area contributed by atoms with Gasteiger partial charge >= 0.3 is 0 Å². The van der Waals surface area contributed by atoms with Gasteiger partial charge in [-0.2, -0.15) is 0 Å². The third kappa shape index (κ3) is 2.56. The van der Waals surface area contributed by atoms with Crippen molar-refractivity contribution >= 4 is 11.6 Å². The molecule has 0 bridgehead atoms. The van der Waals surface area contributed by atoms with Gasteiger partial charge in [0.2, 0.25) is 0 Å². The minimum absolute atomic E-state index is 0.576. The summed E-state index contributed by atoms with van der Waals surface area (Å²) in [4.78, 5) is 2.47. The largest absolute Gasteiger partial charge is 0.385 e. The van der Waals surface area contributed by atoms with E-state index in [9.17, 15) is 5.11 Å². The molecular formula is C15H20ClNO. The molecule has 0 unspecified atom stereocenters. The fourth-order valence-corrected chi connectivity index (χ4v) is 2.97. The Labute approximate surface area is 114 Å². The predicted molar refractivity (Wildman–Crippen MR) is 73.7 cm³/mol. The molecule has 3 heteroatoms. The van der Waals surface area contributed by atoms with Crippen LogP contribution in [0.4, 0.5) is 0 Å². The van der Waals surface area contributed by atoms with Gasteiger partial charge in [0.05, 0.1) is 5.60 Å². The van der Waals surface area contributed by atoms with Gasteiger partial charge in [-0.3, -0.25) is 4.90 Å². The maximum atomic E-state index is 10.1. The number of rotatable bonds is 3. The Kier molecular flexibility index (Phi) is 3.35. The Morgan fingerprint density at radius 3 is 2.50 bits per heavy atom. The fourth-order valence-electron chi connectivity index (χ4n) is 2.73. The number of likely N-dealkylation sites (tertiary alicyclic amines) is 1. The smallest absolute Gasteiger partial charge is 0.0899 e. The zero-order valence-electron chi connectivity index (χ0n) is 10.7. The van der Waals surface area contributed by atoms with Crippen molar-refractivity contribution in [1.29, 1.82) is 0 Å². The highest BCUT2D eigenvalue weighted by atomic mass is 35.5. The normalized spacial score (nSPS) is 23.0. The summed E-state index contributed by atoms with van der Waals surface area (Å²) in [5.74, 6) is 0. The van der Waals surface area contributed by atoms with Crippen LogP contribution in [0.25, 0.3) is 0 Å². The lowest BCUT2D eigenvalue weighted by Gasteiger charge is -2.27. The van der Waals surface area contributed by atoms with Crippen molar-refractivity contribution < 1.29 is 5.11 Å². The second-order valence-corrected chi connectivity index (χ2v) is 6.08. The second kappa shape index (κ2) is 4.84. The molecule has 1 saturated carbocycles. The molecule has 0 spiro atoms. The van der Waals surface area contributed by atoms with E-state index in [1.165, 1.54) is 37.9 Å². The average molecular weight is 266 g/mol. The summed E-state index contributed by atoms with van der Waals surface area (Å²) in [5.41, 5.74) is 1.59. The Hall–Kier alpha value is -0.570. The van der Waals surface area contributed by atoms with Gasteiger partial charge in [0.1, 0.15) is 0 Å². The van der Waals surface area contributed by atoms with Crippen molar-refractivity contribution in [1.82, 2.24) is 4.90 Å². The molecule has 0 aromatic heterocycles. The lowest BCUT2D eigenvalue weighted by atomic mass is 10.0. The van der Waals surface area contributed by atoms with E-state index in [0.717, 1.165) is 30.0 Å². The SMILES string of the molecule is OC1(c2ccc(CN3CCCCC3)c(Cl)c2)CC1. The fraction of sp³-hybridized carbons (Fsp3) is 0.600. The molecule has 1 N–H and O–H groups in total. The Morgan fingerprint density at radius 1 is 1.17 bits per heavy atom. The first-order valence-electron chi connectivity index (χ1n) is 6.91. The monoisotopic (exact) mass is 265 g/mol. The van der Waals surface area contributed by atoms with E-state index >= 15 is 0 Å². The standard InChI is InChI=1S/C15H20ClNO/c16-14-10-13(15(18)6-7-15)5-4-12(14)11-17-8-2-1-3-9-17/h4-5,10,18H,1-3,6-9,11H2. The van der Waals surface area contributed by atoms with Crippen LogP contribution in [0.15, 0.2) is 18.2 Å². The van der Waals surface area contributed by atoms with Crippen molar-refractivity contribution in [2.75, 3.05) is 13.1 Å². The molecule has 3 rings (SSSR count). The van der Waals surface area contributed by atoms with Gasteiger partial charge in [0.15, 0.2) is 0 Å². The summed E-state index contributed by atoms with van der Waals surface area (Å²) in [6, 6.07) is 6.08. The van der Waals surface area contributed by atoms with Crippen LogP contribution in [0.1, 0.15) is 43.2 Å². The van der Waals surface area contributed by atoms with E-state index in [1.807, 2.05) is 12.1 Å². The lowest BCUT2D eigenvalue weighted by molar-refractivity contribution is 0.151. The summed E-state index contributed by atoms with van der Waals surface area (Å²) in [6.45, 7) is 3.31. The van der Waals surface area contributed by atoms with E-state index in [1.54, 1.807) is 0 Å². The van der Waals surface area contributed by atoms with Crippen LogP contribution in [0.2, 0.25) is 5.02 Å². The van der Waals surface area contributed by atoms with Crippen LogP contribution >= 0.6 is 11.6 Å². The van der Waals surface area contributed by atoms with Crippen LogP contribution < -0.4 is 0 Å². The maximum absolute atomic E-state index is 10.1. The first-order valence-corrected chi connectivity index (χ1v) is 7.29. The van der Waals surface area contributed by atoms with Crippen molar-refractivity contribution in [2.45, 2.75) is 44.2 Å². The first kappa shape index (κ1) is 12.5. The molecule has 1 aliphatic carbocycles. The predicted octanol–water partition coefficient (Wildman–Crippen LogP) is 3.31. The van der Waals surface area contributed by atoms with Crippen LogP contribution in [-0.4, -0.2) is 23.1 Å². The Morgan fingerprint density at radius 2 is 1.89 bits per heavy atom. The molecule has 2 aliphatic rings. The first-order chi connectivity index (χ1) is 8.67. The summed E-state index contributed by atoms with van der Waals surface area (Å²) in [5, 5.41) is 10.9. The highest BCUT2D eigenvalue weighted by Gasteiger charge is 2.42. The van der Waals surface area contributed by atoms with E-state index < -0.39 is 5.60 Å². The summed E-state index contributed by atoms with van der Waals surface area (Å²) < 4.78 is 0. The highest BCUT2D eigenvalue weighted by Crippen LogP contribution is 2.46. The number of hydrogen-bond acceptors (Lipinski definition) is 2. The third-order valence-corrected chi connectivity index (χ3v) is 4.51. The highest BCUT2D eigenvalue weighted by molar-refractivity contribution is 6.31. The molecule has 1 saturated heterocycles. The van der Waals surface area contributed by atoms with E-state index in [4.69, 9.17) is 11.6 Å². The molecule has 1 aromatic rings. The Bertz CT molecular complexity index is 436. The topological polar surface area (TPSA) is 23.5 Å². The van der Waals surface area contributed by atoms with Crippen LogP contribution in [0.3, 0.4) is 0 Å². The van der Waals surface area contributed by atoms with Crippen molar-refractivity contribution in [3.63, 3.8) is 0 Å². The van der Waals surface area contributed by atoms with Crippen molar-refractivity contribution in [2.24, 2.45) is 0 Å². The minimum Gasteiger partial charge on any atom is -0.385 e. The van der Waals surface area contributed by atoms with Crippen molar-refractivity contribution in [3.05, 3.63) is 34.3 Å². The van der Waals surface area contributed by atoms with Gasteiger partial charge in [0, 0.05) is 11.6 Å². The van der Waals surface area contributed by atoms with Gasteiger partial charge in [-0.25, -0.2) is 0 Å². The van der Waals surface area contributed by atoms with Crippen LogP contribution in [0.5, 0.6) is 0 Å². The average Bonchev–Trinajstić information content (AvgIpc) is 3.12. The molecule has 0 amide bonds. The number of aliphatic hydroxyl groups is 1. The summed E-state index contributed by atoms with van der Waals surface area (Å²) in [7, 11) is 0. The van der Waals surface area contributed by atoms with Gasteiger partial charge < -0.3 is 5.11 Å². The third-order valence-electron chi connectivity index (χ3n) is 4.16. The Balaban J connectivity index is 1.72.